The van der Waals surface area contributed by atoms with Crippen molar-refractivity contribution in [2.24, 2.45) is 0 Å². The Bertz CT molecular complexity index is 694. The monoisotopic (exact) mass is 365 g/mol. The van der Waals surface area contributed by atoms with Gasteiger partial charge in [0.1, 0.15) is 11.6 Å². The van der Waals surface area contributed by atoms with Crippen molar-refractivity contribution in [3.05, 3.63) is 65.7 Å². The Kier molecular flexibility index (Phi) is 7.40. The van der Waals surface area contributed by atoms with Crippen LogP contribution in [0.2, 0.25) is 0 Å². The van der Waals surface area contributed by atoms with Crippen molar-refractivity contribution in [1.82, 2.24) is 5.32 Å². The van der Waals surface area contributed by atoms with E-state index in [0.29, 0.717) is 22.6 Å². The molecule has 0 fully saturated rings. The van der Waals surface area contributed by atoms with Crippen molar-refractivity contribution >= 4 is 17.7 Å². The zero-order valence-corrected chi connectivity index (χ0v) is 14.7. The first-order chi connectivity index (χ1) is 12.0. The third-order valence-electron chi connectivity index (χ3n) is 3.66. The number of amides is 1. The molecule has 0 saturated heterocycles. The first kappa shape index (κ1) is 19.4. The molecule has 6 heteroatoms. The van der Waals surface area contributed by atoms with Gasteiger partial charge in [-0.25, -0.2) is 8.78 Å². The Hall–Kier alpha value is -1.92. The second-order valence-electron chi connectivity index (χ2n) is 5.80. The van der Waals surface area contributed by atoms with Crippen molar-refractivity contribution in [3.8, 4) is 0 Å². The van der Waals surface area contributed by atoms with Crippen LogP contribution in [0.5, 0.6) is 0 Å². The van der Waals surface area contributed by atoms with Crippen LogP contribution >= 0.6 is 11.8 Å². The van der Waals surface area contributed by atoms with Crippen LogP contribution in [0, 0.1) is 11.6 Å². The number of carbonyl (C=O) groups excluding carboxylic acids is 1. The zero-order valence-electron chi connectivity index (χ0n) is 13.9. The molecule has 134 valence electrons. The number of rotatable bonds is 8. The Labute approximate surface area is 150 Å². The standard InChI is InChI=1S/C19H21F2NO2S/c1-13(12-17(23)14-6-8-15(20)9-7-14)22-19(24)10-11-25-18-5-3-2-4-16(18)21/h2-9,13,17,23H,10-12H2,1H3,(H,22,24)/t13-,17+/m1/s1. The topological polar surface area (TPSA) is 49.3 Å². The number of thioether (sulfide) groups is 1. The molecule has 0 aliphatic carbocycles. The summed E-state index contributed by atoms with van der Waals surface area (Å²) in [4.78, 5) is 12.5. The van der Waals surface area contributed by atoms with Crippen molar-refractivity contribution in [2.75, 3.05) is 5.75 Å². The lowest BCUT2D eigenvalue weighted by atomic mass is 10.0. The minimum Gasteiger partial charge on any atom is -0.388 e. The maximum Gasteiger partial charge on any atom is 0.221 e. The Morgan fingerprint density at radius 1 is 1.16 bits per heavy atom. The predicted molar refractivity (Wildman–Crippen MR) is 95.3 cm³/mol. The fraction of sp³-hybridized carbons (Fsp3) is 0.316. The largest absolute Gasteiger partial charge is 0.388 e. The molecule has 0 unspecified atom stereocenters. The molecule has 3 nitrogen and oxygen atoms in total. The highest BCUT2D eigenvalue weighted by atomic mass is 32.2. The summed E-state index contributed by atoms with van der Waals surface area (Å²) >= 11 is 1.29. The van der Waals surface area contributed by atoms with Gasteiger partial charge in [0.25, 0.3) is 0 Å². The van der Waals surface area contributed by atoms with Crippen molar-refractivity contribution in [1.29, 1.82) is 0 Å². The molecule has 2 atom stereocenters. The van der Waals surface area contributed by atoms with Gasteiger partial charge < -0.3 is 10.4 Å². The zero-order chi connectivity index (χ0) is 18.2. The van der Waals surface area contributed by atoms with Gasteiger partial charge in [-0.15, -0.1) is 11.8 Å². The second-order valence-corrected chi connectivity index (χ2v) is 6.94. The average molecular weight is 365 g/mol. The van der Waals surface area contributed by atoms with Gasteiger partial charge in [0.05, 0.1) is 6.10 Å². The lowest BCUT2D eigenvalue weighted by Crippen LogP contribution is -2.33. The Morgan fingerprint density at radius 2 is 1.84 bits per heavy atom. The molecule has 2 aromatic rings. The molecule has 1 amide bonds. The van der Waals surface area contributed by atoms with Crippen LogP contribution in [0.1, 0.15) is 31.4 Å². The van der Waals surface area contributed by atoms with E-state index in [1.54, 1.807) is 25.1 Å². The van der Waals surface area contributed by atoms with Crippen LogP contribution in [0.4, 0.5) is 8.78 Å². The summed E-state index contributed by atoms with van der Waals surface area (Å²) in [5, 5.41) is 12.9. The van der Waals surface area contributed by atoms with Gasteiger partial charge in [-0.05, 0) is 43.2 Å². The van der Waals surface area contributed by atoms with Crippen LogP contribution in [-0.4, -0.2) is 22.8 Å². The van der Waals surface area contributed by atoms with Crippen LogP contribution in [0.15, 0.2) is 53.4 Å². The van der Waals surface area contributed by atoms with E-state index in [-0.39, 0.29) is 30.0 Å². The van der Waals surface area contributed by atoms with Gasteiger partial charge in [-0.2, -0.15) is 0 Å². The first-order valence-corrected chi connectivity index (χ1v) is 9.04. The molecule has 2 rings (SSSR count). The summed E-state index contributed by atoms with van der Waals surface area (Å²) in [7, 11) is 0. The number of halogens is 2. The predicted octanol–water partition coefficient (Wildman–Crippen LogP) is 4.08. The van der Waals surface area contributed by atoms with Gasteiger partial charge in [0, 0.05) is 23.1 Å². The summed E-state index contributed by atoms with van der Waals surface area (Å²) in [5.74, 6) is -0.323. The van der Waals surface area contributed by atoms with Crippen LogP contribution in [-0.2, 0) is 4.79 Å². The highest BCUT2D eigenvalue weighted by Gasteiger charge is 2.14. The summed E-state index contributed by atoms with van der Waals surface area (Å²) in [6.45, 7) is 1.80. The molecular weight excluding hydrogens is 344 g/mol. The average Bonchev–Trinajstić information content (AvgIpc) is 2.57. The summed E-state index contributed by atoms with van der Waals surface area (Å²) < 4.78 is 26.4. The normalized spacial score (nSPS) is 13.3. The fourth-order valence-corrected chi connectivity index (χ4v) is 3.27. The smallest absolute Gasteiger partial charge is 0.221 e. The molecule has 0 bridgehead atoms. The summed E-state index contributed by atoms with van der Waals surface area (Å²) in [6, 6.07) is 11.9. The molecule has 0 spiro atoms. The van der Waals surface area contributed by atoms with Crippen molar-refractivity contribution in [2.45, 2.75) is 36.8 Å². The lowest BCUT2D eigenvalue weighted by Gasteiger charge is -2.18. The van der Waals surface area contributed by atoms with Gasteiger partial charge in [0.15, 0.2) is 0 Å². The van der Waals surface area contributed by atoms with Gasteiger partial charge in [-0.1, -0.05) is 24.3 Å². The minimum absolute atomic E-state index is 0.150. The highest BCUT2D eigenvalue weighted by Crippen LogP contribution is 2.22. The van der Waals surface area contributed by atoms with Crippen molar-refractivity contribution in [3.63, 3.8) is 0 Å². The van der Waals surface area contributed by atoms with Gasteiger partial charge in [-0.3, -0.25) is 4.79 Å². The van der Waals surface area contributed by atoms with E-state index in [1.165, 1.54) is 42.1 Å². The molecule has 2 aromatic carbocycles. The molecule has 0 saturated carbocycles. The molecule has 0 aliphatic rings. The van der Waals surface area contributed by atoms with Gasteiger partial charge >= 0.3 is 0 Å². The molecule has 0 aliphatic heterocycles. The van der Waals surface area contributed by atoms with Crippen LogP contribution in [0.3, 0.4) is 0 Å². The number of aliphatic hydroxyl groups is 1. The van der Waals surface area contributed by atoms with E-state index in [4.69, 9.17) is 0 Å². The summed E-state index contributed by atoms with van der Waals surface area (Å²) in [6.07, 6.45) is -0.183. The third kappa shape index (κ3) is 6.48. The van der Waals surface area contributed by atoms with Crippen LogP contribution < -0.4 is 5.32 Å². The highest BCUT2D eigenvalue weighted by molar-refractivity contribution is 7.99. The van der Waals surface area contributed by atoms with E-state index >= 15 is 0 Å². The Morgan fingerprint density at radius 3 is 2.52 bits per heavy atom. The van der Waals surface area contributed by atoms with E-state index in [2.05, 4.69) is 5.32 Å². The third-order valence-corrected chi connectivity index (χ3v) is 4.71. The number of carbonyl (C=O) groups is 1. The quantitative estimate of drug-likeness (QED) is 0.693. The number of aliphatic hydroxyl groups excluding tert-OH is 1. The van der Waals surface area contributed by atoms with E-state index in [0.717, 1.165) is 0 Å². The van der Waals surface area contributed by atoms with Crippen LogP contribution in [0.25, 0.3) is 0 Å². The fourth-order valence-electron chi connectivity index (χ4n) is 2.38. The second kappa shape index (κ2) is 9.53. The number of hydrogen-bond donors (Lipinski definition) is 2. The molecule has 25 heavy (non-hydrogen) atoms. The first-order valence-electron chi connectivity index (χ1n) is 8.06. The van der Waals surface area contributed by atoms with E-state index in [9.17, 15) is 18.7 Å². The molecule has 0 heterocycles. The van der Waals surface area contributed by atoms with Gasteiger partial charge in [0.2, 0.25) is 5.91 Å². The SMILES string of the molecule is C[C@H](C[C@H](O)c1ccc(F)cc1)NC(=O)CCSc1ccccc1F. The van der Waals surface area contributed by atoms with E-state index in [1.807, 2.05) is 0 Å². The number of nitrogens with one attached hydrogen (secondary N) is 1. The number of benzene rings is 2. The molecule has 2 N–H and O–H groups in total. The van der Waals surface area contributed by atoms with E-state index < -0.39 is 6.10 Å². The lowest BCUT2D eigenvalue weighted by molar-refractivity contribution is -0.121. The minimum atomic E-state index is -0.774. The maximum absolute atomic E-state index is 13.5. The van der Waals surface area contributed by atoms with Crippen molar-refractivity contribution < 1.29 is 18.7 Å². The summed E-state index contributed by atoms with van der Waals surface area (Å²) in [5.41, 5.74) is 0.609. The number of hydrogen-bond acceptors (Lipinski definition) is 3. The molecule has 0 aromatic heterocycles. The molecule has 0 radical (unpaired) electrons. The maximum atomic E-state index is 13.5. The Balaban J connectivity index is 1.72. The molecular formula is C19H21F2NO2S.